The van der Waals surface area contributed by atoms with Gasteiger partial charge in [-0.3, -0.25) is 14.7 Å². The highest BCUT2D eigenvalue weighted by Crippen LogP contribution is 2.27. The van der Waals surface area contributed by atoms with Crippen LogP contribution in [0.5, 0.6) is 0 Å². The Bertz CT molecular complexity index is 1090. The van der Waals surface area contributed by atoms with Crippen LogP contribution >= 0.6 is 0 Å². The number of hydrogen-bond donors (Lipinski definition) is 1. The number of carbonyl (C=O) groups excluding carboxylic acids is 1. The minimum absolute atomic E-state index is 0.0178. The minimum atomic E-state index is -0.135. The van der Waals surface area contributed by atoms with Crippen molar-refractivity contribution in [3.05, 3.63) is 45.3 Å². The summed E-state index contributed by atoms with van der Waals surface area (Å²) in [5.74, 6) is 0.0296. The van der Waals surface area contributed by atoms with Crippen molar-refractivity contribution in [2.24, 2.45) is 0 Å². The fraction of sp³-hybridized carbons (Fsp3) is 0.526. The molecule has 0 aliphatic carbocycles. The van der Waals surface area contributed by atoms with Gasteiger partial charge in [0.25, 0.3) is 5.56 Å². The van der Waals surface area contributed by atoms with E-state index in [4.69, 9.17) is 4.98 Å². The van der Waals surface area contributed by atoms with E-state index in [2.05, 4.69) is 40.8 Å². The molecule has 1 N–H and O–H groups in total. The van der Waals surface area contributed by atoms with E-state index in [-0.39, 0.29) is 29.2 Å². The van der Waals surface area contributed by atoms with Crippen LogP contribution in [-0.2, 0) is 16.6 Å². The Hall–Kier alpha value is -2.97. The van der Waals surface area contributed by atoms with E-state index in [0.717, 1.165) is 17.8 Å². The molecule has 0 aromatic carbocycles. The van der Waals surface area contributed by atoms with Crippen LogP contribution in [0.25, 0.3) is 5.65 Å². The van der Waals surface area contributed by atoms with E-state index in [9.17, 15) is 9.59 Å². The lowest BCUT2D eigenvalue weighted by Gasteiger charge is -2.15. The lowest BCUT2D eigenvalue weighted by Crippen LogP contribution is -2.30. The summed E-state index contributed by atoms with van der Waals surface area (Å²) in [4.78, 5) is 31.6. The van der Waals surface area contributed by atoms with Crippen LogP contribution in [0, 0.1) is 6.92 Å². The SMILES string of the molecule is Cc1nonc1CC(=O)N1CC[C@@H](c2cc(=O)n3[nH]c(C(C)(C)C)cc3n2)C1. The fourth-order valence-corrected chi connectivity index (χ4v) is 3.50. The summed E-state index contributed by atoms with van der Waals surface area (Å²) in [6.07, 6.45) is 0.949. The summed E-state index contributed by atoms with van der Waals surface area (Å²) < 4.78 is 6.13. The minimum Gasteiger partial charge on any atom is -0.342 e. The largest absolute Gasteiger partial charge is 0.342 e. The second kappa shape index (κ2) is 6.57. The average molecular weight is 384 g/mol. The second-order valence-corrected chi connectivity index (χ2v) is 8.43. The van der Waals surface area contributed by atoms with E-state index in [0.29, 0.717) is 30.1 Å². The Labute approximate surface area is 161 Å². The van der Waals surface area contributed by atoms with E-state index in [1.165, 1.54) is 4.52 Å². The van der Waals surface area contributed by atoms with Crippen LogP contribution < -0.4 is 5.56 Å². The lowest BCUT2D eigenvalue weighted by atomic mass is 9.93. The quantitative estimate of drug-likeness (QED) is 0.734. The monoisotopic (exact) mass is 384 g/mol. The molecule has 1 aliphatic heterocycles. The molecule has 3 aromatic rings. The maximum absolute atomic E-state index is 12.6. The molecule has 0 spiro atoms. The molecular weight excluding hydrogens is 360 g/mol. The van der Waals surface area contributed by atoms with Crippen LogP contribution in [0.15, 0.2) is 21.6 Å². The molecule has 1 amide bonds. The summed E-state index contributed by atoms with van der Waals surface area (Å²) in [6.45, 7) is 9.18. The van der Waals surface area contributed by atoms with Crippen molar-refractivity contribution in [2.45, 2.75) is 51.9 Å². The number of hydrogen-bond acceptors (Lipinski definition) is 6. The number of amides is 1. The first-order valence-electron chi connectivity index (χ1n) is 9.41. The zero-order valence-electron chi connectivity index (χ0n) is 16.5. The number of aromatic amines is 1. The molecule has 0 radical (unpaired) electrons. The number of likely N-dealkylation sites (tertiary alicyclic amines) is 1. The smallest absolute Gasteiger partial charge is 0.272 e. The van der Waals surface area contributed by atoms with E-state index in [1.54, 1.807) is 17.9 Å². The normalized spacial score (nSPS) is 17.6. The van der Waals surface area contributed by atoms with Crippen molar-refractivity contribution in [3.8, 4) is 0 Å². The summed E-state index contributed by atoms with van der Waals surface area (Å²) in [5.41, 5.74) is 3.25. The molecule has 1 aliphatic rings. The van der Waals surface area contributed by atoms with Crippen LogP contribution in [-0.4, -0.2) is 48.8 Å². The maximum atomic E-state index is 12.6. The highest BCUT2D eigenvalue weighted by molar-refractivity contribution is 5.78. The van der Waals surface area contributed by atoms with Gasteiger partial charge in [0.2, 0.25) is 5.91 Å². The molecule has 0 unspecified atom stereocenters. The summed E-state index contributed by atoms with van der Waals surface area (Å²) in [7, 11) is 0. The van der Waals surface area contributed by atoms with Crippen molar-refractivity contribution in [1.82, 2.24) is 29.8 Å². The molecule has 4 rings (SSSR count). The molecule has 148 valence electrons. The summed E-state index contributed by atoms with van der Waals surface area (Å²) in [6, 6.07) is 3.49. The standard InChI is InChI=1S/C19H24N6O3/c1-11-13(23-28-22-11)7-17(26)24-6-5-12(10-24)14-8-18(27)25-16(20-14)9-15(21-25)19(2,3)4/h8-9,12,21H,5-7,10H2,1-4H3/t12-/m1/s1. The number of aryl methyl sites for hydroxylation is 1. The predicted octanol–water partition coefficient (Wildman–Crippen LogP) is 1.57. The van der Waals surface area contributed by atoms with Gasteiger partial charge in [0.05, 0.1) is 12.1 Å². The van der Waals surface area contributed by atoms with Gasteiger partial charge in [-0.1, -0.05) is 31.1 Å². The van der Waals surface area contributed by atoms with Crippen molar-refractivity contribution in [3.63, 3.8) is 0 Å². The molecule has 0 bridgehead atoms. The van der Waals surface area contributed by atoms with Crippen LogP contribution in [0.3, 0.4) is 0 Å². The van der Waals surface area contributed by atoms with Crippen molar-refractivity contribution < 1.29 is 9.42 Å². The topological polar surface area (TPSA) is 109 Å². The Balaban J connectivity index is 1.53. The van der Waals surface area contributed by atoms with Crippen LogP contribution in [0.1, 0.15) is 55.9 Å². The van der Waals surface area contributed by atoms with Gasteiger partial charge in [0.1, 0.15) is 11.4 Å². The number of nitrogens with one attached hydrogen (secondary N) is 1. The number of rotatable bonds is 3. The van der Waals surface area contributed by atoms with Crippen LogP contribution in [0.2, 0.25) is 0 Å². The molecule has 1 fully saturated rings. The maximum Gasteiger partial charge on any atom is 0.272 e. The molecule has 0 saturated carbocycles. The molecule has 9 nitrogen and oxygen atoms in total. The first kappa shape index (κ1) is 18.4. The average Bonchev–Trinajstić information content (AvgIpc) is 3.34. The van der Waals surface area contributed by atoms with Gasteiger partial charge in [-0.05, 0) is 13.3 Å². The van der Waals surface area contributed by atoms with Crippen molar-refractivity contribution >= 4 is 11.6 Å². The zero-order chi connectivity index (χ0) is 20.1. The molecule has 28 heavy (non-hydrogen) atoms. The third-order valence-electron chi connectivity index (χ3n) is 5.30. The highest BCUT2D eigenvalue weighted by Gasteiger charge is 2.30. The summed E-state index contributed by atoms with van der Waals surface area (Å²) >= 11 is 0. The molecule has 9 heteroatoms. The fourth-order valence-electron chi connectivity index (χ4n) is 3.50. The third kappa shape index (κ3) is 3.32. The van der Waals surface area contributed by atoms with Crippen molar-refractivity contribution in [2.75, 3.05) is 13.1 Å². The predicted molar refractivity (Wildman–Crippen MR) is 101 cm³/mol. The highest BCUT2D eigenvalue weighted by atomic mass is 16.6. The van der Waals surface area contributed by atoms with Gasteiger partial charge in [-0.25, -0.2) is 14.1 Å². The van der Waals surface area contributed by atoms with E-state index >= 15 is 0 Å². The summed E-state index contributed by atoms with van der Waals surface area (Å²) in [5, 5.41) is 10.6. The van der Waals surface area contributed by atoms with Crippen molar-refractivity contribution in [1.29, 1.82) is 0 Å². The number of nitrogens with zero attached hydrogens (tertiary/aromatic N) is 5. The Morgan fingerprint density at radius 2 is 2.11 bits per heavy atom. The van der Waals surface area contributed by atoms with Gasteiger partial charge in [-0.15, -0.1) is 0 Å². The molecule has 1 saturated heterocycles. The van der Waals surface area contributed by atoms with E-state index in [1.807, 2.05) is 6.07 Å². The number of aromatic nitrogens is 5. The van der Waals surface area contributed by atoms with Crippen LogP contribution in [0.4, 0.5) is 0 Å². The molecule has 1 atom stereocenters. The second-order valence-electron chi connectivity index (χ2n) is 8.43. The van der Waals surface area contributed by atoms with Gasteiger partial charge < -0.3 is 4.90 Å². The van der Waals surface area contributed by atoms with Gasteiger partial charge in [0, 0.05) is 42.2 Å². The third-order valence-corrected chi connectivity index (χ3v) is 5.30. The number of fused-ring (bicyclic) bond motifs is 1. The number of carbonyl (C=O) groups is 1. The first-order chi connectivity index (χ1) is 13.2. The Morgan fingerprint density at radius 3 is 2.79 bits per heavy atom. The lowest BCUT2D eigenvalue weighted by molar-refractivity contribution is -0.129. The first-order valence-corrected chi connectivity index (χ1v) is 9.41. The zero-order valence-corrected chi connectivity index (χ0v) is 16.5. The Kier molecular flexibility index (Phi) is 4.32. The molecule has 4 heterocycles. The molecule has 3 aromatic heterocycles. The van der Waals surface area contributed by atoms with Gasteiger partial charge in [-0.2, -0.15) is 0 Å². The molecular formula is C19H24N6O3. The Morgan fingerprint density at radius 1 is 1.32 bits per heavy atom. The van der Waals surface area contributed by atoms with Gasteiger partial charge >= 0.3 is 0 Å². The van der Waals surface area contributed by atoms with Gasteiger partial charge in [0.15, 0.2) is 5.65 Å². The number of H-pyrrole nitrogens is 1. The van der Waals surface area contributed by atoms with E-state index < -0.39 is 0 Å².